The van der Waals surface area contributed by atoms with Crippen LogP contribution < -0.4 is 15.1 Å². The zero-order valence-electron chi connectivity index (χ0n) is 20.4. The van der Waals surface area contributed by atoms with Crippen LogP contribution in [-0.4, -0.2) is 22.4 Å². The third-order valence-corrected chi connectivity index (χ3v) is 6.42. The monoisotopic (exact) mass is 481 g/mol. The van der Waals surface area contributed by atoms with Crippen LogP contribution in [-0.2, 0) is 19.6 Å². The lowest BCUT2D eigenvalue weighted by Crippen LogP contribution is -2.30. The number of rotatable bonds is 7. The predicted octanol–water partition coefficient (Wildman–Crippen LogP) is 5.72. The quantitative estimate of drug-likeness (QED) is 0.366. The number of carbonyl (C=O) groups is 1. The topological polar surface area (TPSA) is 61.4 Å². The number of fused-ring (bicyclic) bond motifs is 1. The number of benzene rings is 3. The number of nitrogens with one attached hydrogen (secondary N) is 1. The van der Waals surface area contributed by atoms with Gasteiger partial charge >= 0.3 is 0 Å². The van der Waals surface area contributed by atoms with Crippen molar-refractivity contribution in [2.75, 3.05) is 21.7 Å². The number of amides is 1. The lowest BCUT2D eigenvalue weighted by molar-refractivity contribution is 0.0988. The Kier molecular flexibility index (Phi) is 6.62. The summed E-state index contributed by atoms with van der Waals surface area (Å²) >= 11 is 0. The van der Waals surface area contributed by atoms with Crippen molar-refractivity contribution < 1.29 is 9.18 Å². The van der Waals surface area contributed by atoms with E-state index in [9.17, 15) is 9.18 Å². The molecule has 1 amide bonds. The highest BCUT2D eigenvalue weighted by molar-refractivity contribution is 6.06. The largest absolute Gasteiger partial charge is 0.366 e. The van der Waals surface area contributed by atoms with Crippen LogP contribution in [0.2, 0.25) is 0 Å². The molecule has 5 rings (SSSR count). The van der Waals surface area contributed by atoms with Gasteiger partial charge in [0.25, 0.3) is 5.91 Å². The highest BCUT2D eigenvalue weighted by atomic mass is 19.1. The van der Waals surface area contributed by atoms with Crippen molar-refractivity contribution in [3.05, 3.63) is 113 Å². The van der Waals surface area contributed by atoms with E-state index in [1.54, 1.807) is 11.0 Å². The zero-order chi connectivity index (χ0) is 25.1. The summed E-state index contributed by atoms with van der Waals surface area (Å²) in [4.78, 5) is 25.7. The van der Waals surface area contributed by atoms with Gasteiger partial charge in [0.2, 0.25) is 0 Å². The van der Waals surface area contributed by atoms with Gasteiger partial charge in [-0.1, -0.05) is 30.3 Å². The normalized spacial score (nSPS) is 12.4. The molecule has 0 saturated carbocycles. The number of halogens is 1. The van der Waals surface area contributed by atoms with Crippen LogP contribution in [0.25, 0.3) is 0 Å². The molecule has 0 spiro atoms. The number of aromatic nitrogens is 2. The first kappa shape index (κ1) is 23.5. The second-order valence-electron chi connectivity index (χ2n) is 8.97. The highest BCUT2D eigenvalue weighted by Crippen LogP contribution is 2.28. The van der Waals surface area contributed by atoms with E-state index < -0.39 is 0 Å². The SMILES string of the molecule is CCN(C(=O)c1ccc(CNc2cc(N3Cc4ccc(F)cc4C3)ncn2)cc1)c1cccc(C)c1. The number of anilines is 3. The third kappa shape index (κ3) is 5.05. The van der Waals surface area contributed by atoms with Gasteiger partial charge in [0, 0.05) is 43.5 Å². The molecular formula is C29H28FN5O. The Morgan fingerprint density at radius 2 is 1.81 bits per heavy atom. The first-order valence-corrected chi connectivity index (χ1v) is 12.1. The average molecular weight is 482 g/mol. The van der Waals surface area contributed by atoms with Crippen LogP contribution >= 0.6 is 0 Å². The number of nitrogens with zero attached hydrogens (tertiary/aromatic N) is 4. The van der Waals surface area contributed by atoms with Gasteiger partial charge < -0.3 is 15.1 Å². The fraction of sp³-hybridized carbons (Fsp3) is 0.207. The Balaban J connectivity index is 1.22. The number of aryl methyl sites for hydroxylation is 1. The summed E-state index contributed by atoms with van der Waals surface area (Å²) in [7, 11) is 0. The van der Waals surface area contributed by atoms with E-state index in [4.69, 9.17) is 0 Å². The molecule has 3 aromatic carbocycles. The molecule has 6 nitrogen and oxygen atoms in total. The Bertz CT molecular complexity index is 1390. The number of hydrogen-bond acceptors (Lipinski definition) is 5. The zero-order valence-corrected chi connectivity index (χ0v) is 20.4. The Morgan fingerprint density at radius 3 is 2.58 bits per heavy atom. The van der Waals surface area contributed by atoms with E-state index in [1.807, 2.05) is 74.5 Å². The van der Waals surface area contributed by atoms with Crippen molar-refractivity contribution in [3.63, 3.8) is 0 Å². The van der Waals surface area contributed by atoms with Gasteiger partial charge in [-0.3, -0.25) is 4.79 Å². The van der Waals surface area contributed by atoms with Crippen LogP contribution in [0.3, 0.4) is 0 Å². The fourth-order valence-corrected chi connectivity index (χ4v) is 4.49. The molecule has 0 saturated heterocycles. The van der Waals surface area contributed by atoms with Crippen molar-refractivity contribution in [3.8, 4) is 0 Å². The Labute approximate surface area is 210 Å². The summed E-state index contributed by atoms with van der Waals surface area (Å²) < 4.78 is 13.6. The van der Waals surface area contributed by atoms with Crippen LogP contribution in [0.5, 0.6) is 0 Å². The molecular weight excluding hydrogens is 453 g/mol. The van der Waals surface area contributed by atoms with Crippen molar-refractivity contribution in [2.24, 2.45) is 0 Å². The van der Waals surface area contributed by atoms with Gasteiger partial charge in [-0.05, 0) is 72.5 Å². The molecule has 0 unspecified atom stereocenters. The van der Waals surface area contributed by atoms with Crippen molar-refractivity contribution in [1.29, 1.82) is 0 Å². The van der Waals surface area contributed by atoms with Gasteiger partial charge in [0.1, 0.15) is 23.8 Å². The molecule has 1 N–H and O–H groups in total. The van der Waals surface area contributed by atoms with Crippen LogP contribution in [0.4, 0.5) is 21.7 Å². The number of carbonyl (C=O) groups excluding carboxylic acids is 1. The van der Waals surface area contributed by atoms with Crippen LogP contribution in [0.15, 0.2) is 79.1 Å². The summed E-state index contributed by atoms with van der Waals surface area (Å²) in [6.45, 7) is 6.47. The number of hydrogen-bond donors (Lipinski definition) is 1. The van der Waals surface area contributed by atoms with Gasteiger partial charge in [0.15, 0.2) is 0 Å². The molecule has 0 fully saturated rings. The third-order valence-electron chi connectivity index (χ3n) is 6.42. The Morgan fingerprint density at radius 1 is 1.00 bits per heavy atom. The van der Waals surface area contributed by atoms with E-state index in [-0.39, 0.29) is 11.7 Å². The van der Waals surface area contributed by atoms with Crippen LogP contribution in [0.1, 0.15) is 39.5 Å². The maximum Gasteiger partial charge on any atom is 0.258 e. The molecule has 0 aliphatic carbocycles. The van der Waals surface area contributed by atoms with E-state index >= 15 is 0 Å². The minimum absolute atomic E-state index is 0.0189. The molecule has 1 aliphatic rings. The molecule has 1 aromatic heterocycles. The lowest BCUT2D eigenvalue weighted by Gasteiger charge is -2.21. The summed E-state index contributed by atoms with van der Waals surface area (Å²) in [5.41, 5.74) is 5.81. The van der Waals surface area contributed by atoms with Crippen molar-refractivity contribution in [2.45, 2.75) is 33.5 Å². The molecule has 36 heavy (non-hydrogen) atoms. The molecule has 1 aliphatic heterocycles. The molecule has 4 aromatic rings. The molecule has 2 heterocycles. The van der Waals surface area contributed by atoms with Gasteiger partial charge in [0.05, 0.1) is 0 Å². The molecule has 0 bridgehead atoms. The van der Waals surface area contributed by atoms with Gasteiger partial charge in [-0.2, -0.15) is 0 Å². The molecule has 182 valence electrons. The van der Waals surface area contributed by atoms with E-state index in [1.165, 1.54) is 12.4 Å². The maximum absolute atomic E-state index is 13.6. The summed E-state index contributed by atoms with van der Waals surface area (Å²) in [5.74, 6) is 1.26. The Hall–Kier alpha value is -4.26. The fourth-order valence-electron chi connectivity index (χ4n) is 4.49. The van der Waals surface area contributed by atoms with Crippen molar-refractivity contribution in [1.82, 2.24) is 9.97 Å². The summed E-state index contributed by atoms with van der Waals surface area (Å²) in [6.07, 6.45) is 1.54. The minimum Gasteiger partial charge on any atom is -0.366 e. The van der Waals surface area contributed by atoms with Crippen molar-refractivity contribution >= 4 is 23.2 Å². The smallest absolute Gasteiger partial charge is 0.258 e. The minimum atomic E-state index is -0.217. The van der Waals surface area contributed by atoms with E-state index in [0.29, 0.717) is 37.6 Å². The predicted molar refractivity (Wildman–Crippen MR) is 141 cm³/mol. The van der Waals surface area contributed by atoms with E-state index in [2.05, 4.69) is 20.2 Å². The second kappa shape index (κ2) is 10.2. The van der Waals surface area contributed by atoms with E-state index in [0.717, 1.165) is 33.8 Å². The molecule has 0 atom stereocenters. The first-order valence-electron chi connectivity index (χ1n) is 12.1. The summed E-state index contributed by atoms with van der Waals surface area (Å²) in [5, 5.41) is 3.34. The second-order valence-corrected chi connectivity index (χ2v) is 8.97. The molecule has 7 heteroatoms. The van der Waals surface area contributed by atoms with Gasteiger partial charge in [-0.25, -0.2) is 14.4 Å². The van der Waals surface area contributed by atoms with Crippen LogP contribution in [0, 0.1) is 12.7 Å². The standard InChI is InChI=1S/C29H28FN5O/c1-3-35(26-6-4-5-20(2)13-26)29(36)22-9-7-21(8-10-22)16-31-27-15-28(33-19-32-27)34-17-23-11-12-25(30)14-24(23)18-34/h4-15,19H,3,16-18H2,1-2H3,(H,31,32,33). The maximum atomic E-state index is 13.6. The lowest BCUT2D eigenvalue weighted by atomic mass is 10.1. The summed E-state index contributed by atoms with van der Waals surface area (Å²) in [6, 6.07) is 22.4. The van der Waals surface area contributed by atoms with Gasteiger partial charge in [-0.15, -0.1) is 0 Å². The average Bonchev–Trinajstić information content (AvgIpc) is 3.32. The first-order chi connectivity index (χ1) is 17.5. The highest BCUT2D eigenvalue weighted by Gasteiger charge is 2.21. The molecule has 0 radical (unpaired) electrons.